The lowest BCUT2D eigenvalue weighted by atomic mass is 9.93. The van der Waals surface area contributed by atoms with Crippen molar-refractivity contribution in [2.45, 2.75) is 46.3 Å². The topological polar surface area (TPSA) is 53.7 Å². The molecule has 124 valence electrons. The predicted octanol–water partition coefficient (Wildman–Crippen LogP) is 3.00. The first-order valence-electron chi connectivity index (χ1n) is 8.39. The highest BCUT2D eigenvalue weighted by Crippen LogP contribution is 2.26. The summed E-state index contributed by atoms with van der Waals surface area (Å²) in [6.07, 6.45) is 1.89. The number of piperidine rings is 1. The number of aryl methyl sites for hydroxylation is 2. The van der Waals surface area contributed by atoms with Crippen LogP contribution in [0.3, 0.4) is 0 Å². The van der Waals surface area contributed by atoms with Gasteiger partial charge in [0.15, 0.2) is 0 Å². The number of likely N-dealkylation sites (tertiary alicyclic amines) is 1. The molecule has 0 radical (unpaired) electrons. The molecule has 4 nitrogen and oxygen atoms in total. The zero-order valence-electron chi connectivity index (χ0n) is 14.1. The normalized spacial score (nSPS) is 20.8. The molecule has 3 rings (SSSR count). The molecule has 1 aromatic heterocycles. The molecule has 1 aliphatic rings. The summed E-state index contributed by atoms with van der Waals surface area (Å²) >= 11 is 0. The van der Waals surface area contributed by atoms with Crippen molar-refractivity contribution in [1.82, 2.24) is 4.90 Å². The number of aliphatic hydroxyl groups is 1. The lowest BCUT2D eigenvalue weighted by Gasteiger charge is -2.34. The van der Waals surface area contributed by atoms with Crippen LogP contribution in [0.5, 0.6) is 0 Å². The van der Waals surface area contributed by atoms with Gasteiger partial charge in [-0.2, -0.15) is 0 Å². The summed E-state index contributed by atoms with van der Waals surface area (Å²) in [5.74, 6) is 0.319. The van der Waals surface area contributed by atoms with Crippen LogP contribution in [-0.2, 0) is 6.54 Å². The molecule has 1 aliphatic heterocycles. The van der Waals surface area contributed by atoms with E-state index in [-0.39, 0.29) is 11.7 Å². The number of hydrogen-bond donors (Lipinski definition) is 1. The van der Waals surface area contributed by atoms with E-state index in [1.807, 2.05) is 26.8 Å². The third-order valence-electron chi connectivity index (χ3n) is 5.14. The van der Waals surface area contributed by atoms with Crippen LogP contribution in [0.4, 0.5) is 0 Å². The molecular weight excluding hydrogens is 290 g/mol. The van der Waals surface area contributed by atoms with Crippen molar-refractivity contribution in [2.75, 3.05) is 13.1 Å². The molecule has 0 aliphatic carbocycles. The Labute approximate surface area is 136 Å². The monoisotopic (exact) mass is 315 g/mol. The Bertz CT molecular complexity index is 763. The van der Waals surface area contributed by atoms with Crippen LogP contribution in [0.25, 0.3) is 11.0 Å². The lowest BCUT2D eigenvalue weighted by molar-refractivity contribution is 0.0600. The highest BCUT2D eigenvalue weighted by atomic mass is 16.4. The van der Waals surface area contributed by atoms with Gasteiger partial charge in [0.2, 0.25) is 0 Å². The number of nitrogens with zero attached hydrogens (tertiary/aromatic N) is 1. The highest BCUT2D eigenvalue weighted by molar-refractivity contribution is 5.83. The Morgan fingerprint density at radius 3 is 2.91 bits per heavy atom. The van der Waals surface area contributed by atoms with Gasteiger partial charge in [-0.3, -0.25) is 4.90 Å². The molecule has 2 unspecified atom stereocenters. The molecule has 1 N–H and O–H groups in total. The van der Waals surface area contributed by atoms with Crippen molar-refractivity contribution in [3.05, 3.63) is 45.3 Å². The number of aliphatic hydroxyl groups excluding tert-OH is 1. The van der Waals surface area contributed by atoms with Gasteiger partial charge in [-0.15, -0.1) is 0 Å². The number of hydrogen-bond acceptors (Lipinski definition) is 4. The van der Waals surface area contributed by atoms with Crippen LogP contribution in [0.15, 0.2) is 27.4 Å². The van der Waals surface area contributed by atoms with Crippen LogP contribution in [0.2, 0.25) is 0 Å². The molecule has 2 heterocycles. The standard InChI is InChI=1S/C19H25NO3/c1-12-6-7-17-16(9-18(22)23-19(17)13(12)2)11-20-8-4-5-15(10-20)14(3)21/h6-7,9,14-15,21H,4-5,8,10-11H2,1-3H3. The van der Waals surface area contributed by atoms with Gasteiger partial charge in [0.05, 0.1) is 6.10 Å². The van der Waals surface area contributed by atoms with Crippen molar-refractivity contribution in [3.8, 4) is 0 Å². The second-order valence-electron chi connectivity index (χ2n) is 6.85. The zero-order valence-corrected chi connectivity index (χ0v) is 14.1. The maximum Gasteiger partial charge on any atom is 0.336 e. The first-order valence-corrected chi connectivity index (χ1v) is 8.39. The van der Waals surface area contributed by atoms with Gasteiger partial charge in [0.25, 0.3) is 0 Å². The van der Waals surface area contributed by atoms with E-state index < -0.39 is 0 Å². The fourth-order valence-corrected chi connectivity index (χ4v) is 3.52. The Hall–Kier alpha value is -1.65. The van der Waals surface area contributed by atoms with Gasteiger partial charge in [0.1, 0.15) is 5.58 Å². The molecular formula is C19H25NO3. The van der Waals surface area contributed by atoms with Crippen LogP contribution in [0.1, 0.15) is 36.5 Å². The Balaban J connectivity index is 1.94. The fourth-order valence-electron chi connectivity index (χ4n) is 3.52. The molecule has 2 aromatic rings. The molecule has 23 heavy (non-hydrogen) atoms. The molecule has 1 aromatic carbocycles. The predicted molar refractivity (Wildman–Crippen MR) is 91.6 cm³/mol. The molecule has 1 fully saturated rings. The van der Waals surface area contributed by atoms with Gasteiger partial charge in [-0.25, -0.2) is 4.79 Å². The molecule has 2 atom stereocenters. The van der Waals surface area contributed by atoms with E-state index >= 15 is 0 Å². The zero-order chi connectivity index (χ0) is 16.6. The van der Waals surface area contributed by atoms with E-state index in [9.17, 15) is 9.90 Å². The average Bonchev–Trinajstić information content (AvgIpc) is 2.51. The van der Waals surface area contributed by atoms with Crippen molar-refractivity contribution < 1.29 is 9.52 Å². The Morgan fingerprint density at radius 2 is 2.17 bits per heavy atom. The Morgan fingerprint density at radius 1 is 1.39 bits per heavy atom. The third-order valence-corrected chi connectivity index (χ3v) is 5.14. The first kappa shape index (κ1) is 16.2. The summed E-state index contributed by atoms with van der Waals surface area (Å²) < 4.78 is 5.45. The van der Waals surface area contributed by atoms with E-state index in [4.69, 9.17) is 4.42 Å². The van der Waals surface area contributed by atoms with E-state index in [0.717, 1.165) is 54.6 Å². The summed E-state index contributed by atoms with van der Waals surface area (Å²) in [4.78, 5) is 14.3. The summed E-state index contributed by atoms with van der Waals surface area (Å²) in [7, 11) is 0. The van der Waals surface area contributed by atoms with Crippen LogP contribution in [-0.4, -0.2) is 29.2 Å². The second-order valence-corrected chi connectivity index (χ2v) is 6.85. The lowest BCUT2D eigenvalue weighted by Crippen LogP contribution is -2.39. The first-order chi connectivity index (χ1) is 11.0. The van der Waals surface area contributed by atoms with E-state index in [2.05, 4.69) is 11.0 Å². The van der Waals surface area contributed by atoms with E-state index in [0.29, 0.717) is 11.5 Å². The van der Waals surface area contributed by atoms with Crippen molar-refractivity contribution in [1.29, 1.82) is 0 Å². The minimum absolute atomic E-state index is 0.278. The fraction of sp³-hybridized carbons (Fsp3) is 0.526. The summed E-state index contributed by atoms with van der Waals surface area (Å²) in [5.41, 5.74) is 3.60. The molecule has 0 bridgehead atoms. The SMILES string of the molecule is Cc1ccc2c(CN3CCCC(C(C)O)C3)cc(=O)oc2c1C. The molecule has 0 saturated carbocycles. The smallest absolute Gasteiger partial charge is 0.336 e. The summed E-state index contributed by atoms with van der Waals surface area (Å²) in [5, 5.41) is 10.9. The molecule has 0 spiro atoms. The largest absolute Gasteiger partial charge is 0.422 e. The average molecular weight is 315 g/mol. The van der Waals surface area contributed by atoms with Crippen molar-refractivity contribution in [2.24, 2.45) is 5.92 Å². The van der Waals surface area contributed by atoms with E-state index in [1.54, 1.807) is 6.07 Å². The summed E-state index contributed by atoms with van der Waals surface area (Å²) in [6, 6.07) is 5.74. The quantitative estimate of drug-likeness (QED) is 0.885. The van der Waals surface area contributed by atoms with Gasteiger partial charge >= 0.3 is 5.63 Å². The van der Waals surface area contributed by atoms with Gasteiger partial charge in [0, 0.05) is 24.5 Å². The van der Waals surface area contributed by atoms with Crippen LogP contribution >= 0.6 is 0 Å². The highest BCUT2D eigenvalue weighted by Gasteiger charge is 2.24. The van der Waals surface area contributed by atoms with Gasteiger partial charge in [-0.05, 0) is 62.8 Å². The second kappa shape index (κ2) is 6.46. The minimum atomic E-state index is -0.287. The molecule has 4 heteroatoms. The number of rotatable bonds is 3. The van der Waals surface area contributed by atoms with Gasteiger partial charge in [-0.1, -0.05) is 12.1 Å². The van der Waals surface area contributed by atoms with Crippen molar-refractivity contribution in [3.63, 3.8) is 0 Å². The van der Waals surface area contributed by atoms with Gasteiger partial charge < -0.3 is 9.52 Å². The molecule has 1 saturated heterocycles. The number of benzene rings is 1. The minimum Gasteiger partial charge on any atom is -0.422 e. The number of fused-ring (bicyclic) bond motifs is 1. The van der Waals surface area contributed by atoms with Crippen LogP contribution in [0, 0.1) is 19.8 Å². The maximum absolute atomic E-state index is 12.0. The maximum atomic E-state index is 12.0. The summed E-state index contributed by atoms with van der Waals surface area (Å²) in [6.45, 7) is 8.51. The molecule has 0 amide bonds. The van der Waals surface area contributed by atoms with Crippen molar-refractivity contribution >= 4 is 11.0 Å². The Kier molecular flexibility index (Phi) is 4.55. The van der Waals surface area contributed by atoms with E-state index in [1.165, 1.54) is 0 Å². The third kappa shape index (κ3) is 3.33. The van der Waals surface area contributed by atoms with Crippen LogP contribution < -0.4 is 5.63 Å².